The molecule has 0 aliphatic heterocycles. The number of para-hydroxylation sites is 2. The van der Waals surface area contributed by atoms with Crippen LogP contribution in [0, 0.1) is 12.8 Å². The summed E-state index contributed by atoms with van der Waals surface area (Å²) in [6, 6.07) is 15.3. The molecule has 0 saturated heterocycles. The highest BCUT2D eigenvalue weighted by atomic mass is 16.5. The number of anilines is 1. The van der Waals surface area contributed by atoms with Crippen molar-refractivity contribution in [2.24, 2.45) is 5.92 Å². The third-order valence-electron chi connectivity index (χ3n) is 3.87. The van der Waals surface area contributed by atoms with Crippen molar-refractivity contribution in [3.05, 3.63) is 54.4 Å². The molecule has 0 unspecified atom stereocenters. The van der Waals surface area contributed by atoms with Crippen LogP contribution in [0.1, 0.15) is 19.7 Å². The third kappa shape index (κ3) is 4.18. The maximum atomic E-state index is 12.4. The minimum atomic E-state index is -0.0814. The summed E-state index contributed by atoms with van der Waals surface area (Å²) in [4.78, 5) is 16.9. The minimum Gasteiger partial charge on any atom is -0.493 e. The molecule has 1 N–H and O–H groups in total. The van der Waals surface area contributed by atoms with Crippen molar-refractivity contribution in [3.63, 3.8) is 0 Å². The molecule has 5 nitrogen and oxygen atoms in total. The van der Waals surface area contributed by atoms with Gasteiger partial charge in [-0.1, -0.05) is 26.0 Å². The summed E-state index contributed by atoms with van der Waals surface area (Å²) in [7, 11) is 0. The maximum Gasteiger partial charge on any atom is 0.244 e. The van der Waals surface area contributed by atoms with E-state index in [-0.39, 0.29) is 12.5 Å². The Morgan fingerprint density at radius 2 is 1.88 bits per heavy atom. The lowest BCUT2D eigenvalue weighted by molar-refractivity contribution is -0.116. The monoisotopic (exact) mass is 337 g/mol. The molecule has 3 rings (SSSR count). The van der Waals surface area contributed by atoms with Crippen molar-refractivity contribution in [2.75, 3.05) is 11.9 Å². The zero-order chi connectivity index (χ0) is 17.8. The van der Waals surface area contributed by atoms with Gasteiger partial charge in [-0.25, -0.2) is 4.98 Å². The molecule has 0 aliphatic rings. The lowest BCUT2D eigenvalue weighted by Crippen LogP contribution is -2.19. The van der Waals surface area contributed by atoms with Crippen LogP contribution in [0.15, 0.2) is 48.5 Å². The quantitative estimate of drug-likeness (QED) is 0.739. The molecule has 0 saturated carbocycles. The van der Waals surface area contributed by atoms with Gasteiger partial charge in [0.25, 0.3) is 0 Å². The van der Waals surface area contributed by atoms with Crippen LogP contribution in [0.5, 0.6) is 5.75 Å². The molecule has 1 amide bonds. The number of carbonyl (C=O) groups excluding carboxylic acids is 1. The van der Waals surface area contributed by atoms with Crippen molar-refractivity contribution >= 4 is 22.6 Å². The first kappa shape index (κ1) is 17.0. The Kier molecular flexibility index (Phi) is 5.03. The molecule has 25 heavy (non-hydrogen) atoms. The summed E-state index contributed by atoms with van der Waals surface area (Å²) < 4.78 is 7.57. The summed E-state index contributed by atoms with van der Waals surface area (Å²) in [5.41, 5.74) is 2.62. The first-order valence-corrected chi connectivity index (χ1v) is 8.47. The fraction of sp³-hybridized carbons (Fsp3) is 0.300. The zero-order valence-corrected chi connectivity index (χ0v) is 14.8. The summed E-state index contributed by atoms with van der Waals surface area (Å²) in [5.74, 6) is 2.03. The molecule has 1 aromatic heterocycles. The van der Waals surface area contributed by atoms with E-state index >= 15 is 0 Å². The molecule has 5 heteroatoms. The Labute approximate surface area is 147 Å². The first-order valence-electron chi connectivity index (χ1n) is 8.47. The van der Waals surface area contributed by atoms with Gasteiger partial charge >= 0.3 is 0 Å². The van der Waals surface area contributed by atoms with E-state index in [1.807, 2.05) is 60.0 Å². The van der Waals surface area contributed by atoms with Crippen molar-refractivity contribution in [3.8, 4) is 5.75 Å². The molecule has 3 aromatic rings. The number of fused-ring (bicyclic) bond motifs is 1. The molecule has 0 bridgehead atoms. The van der Waals surface area contributed by atoms with Gasteiger partial charge in [-0.15, -0.1) is 0 Å². The van der Waals surface area contributed by atoms with Crippen molar-refractivity contribution in [2.45, 2.75) is 27.3 Å². The number of rotatable bonds is 6. The molecular formula is C20H23N3O2. The highest BCUT2D eigenvalue weighted by molar-refractivity contribution is 5.91. The van der Waals surface area contributed by atoms with E-state index in [1.165, 1.54) is 0 Å². The molecule has 0 atom stereocenters. The van der Waals surface area contributed by atoms with E-state index in [0.717, 1.165) is 28.3 Å². The van der Waals surface area contributed by atoms with Crippen LogP contribution >= 0.6 is 0 Å². The van der Waals surface area contributed by atoms with Crippen molar-refractivity contribution < 1.29 is 9.53 Å². The van der Waals surface area contributed by atoms with Gasteiger partial charge in [0.2, 0.25) is 5.91 Å². The predicted molar refractivity (Wildman–Crippen MR) is 99.9 cm³/mol. The van der Waals surface area contributed by atoms with E-state index in [9.17, 15) is 4.79 Å². The van der Waals surface area contributed by atoms with E-state index in [2.05, 4.69) is 24.1 Å². The van der Waals surface area contributed by atoms with Crippen molar-refractivity contribution in [1.29, 1.82) is 0 Å². The summed E-state index contributed by atoms with van der Waals surface area (Å²) in [6.07, 6.45) is 0. The SMILES string of the molecule is Cc1nc2ccccc2n1CC(=O)Nc1ccc(OCC(C)C)cc1. The van der Waals surface area contributed by atoms with Gasteiger partial charge in [0, 0.05) is 5.69 Å². The average molecular weight is 337 g/mol. The minimum absolute atomic E-state index is 0.0814. The summed E-state index contributed by atoms with van der Waals surface area (Å²) in [6.45, 7) is 7.04. The Morgan fingerprint density at radius 1 is 1.16 bits per heavy atom. The number of carbonyl (C=O) groups is 1. The van der Waals surface area contributed by atoms with E-state index in [0.29, 0.717) is 12.5 Å². The van der Waals surface area contributed by atoms with Gasteiger partial charge in [0.1, 0.15) is 18.1 Å². The van der Waals surface area contributed by atoms with Gasteiger partial charge in [-0.05, 0) is 49.2 Å². The Balaban J connectivity index is 1.65. The Hall–Kier alpha value is -2.82. The number of hydrogen-bond acceptors (Lipinski definition) is 3. The first-order chi connectivity index (χ1) is 12.0. The molecule has 0 spiro atoms. The van der Waals surface area contributed by atoms with Crippen LogP contribution < -0.4 is 10.1 Å². The molecule has 130 valence electrons. The molecule has 0 radical (unpaired) electrons. The standard InChI is InChI=1S/C20H23N3O2/c1-14(2)13-25-17-10-8-16(9-11-17)22-20(24)12-23-15(3)21-18-6-4-5-7-19(18)23/h4-11,14H,12-13H2,1-3H3,(H,22,24). The average Bonchev–Trinajstić information content (AvgIpc) is 2.90. The van der Waals surface area contributed by atoms with Crippen LogP contribution in [0.25, 0.3) is 11.0 Å². The zero-order valence-electron chi connectivity index (χ0n) is 14.8. The largest absolute Gasteiger partial charge is 0.493 e. The van der Waals surface area contributed by atoms with Gasteiger partial charge in [0.15, 0.2) is 0 Å². The second kappa shape index (κ2) is 7.38. The number of amides is 1. The molecule has 0 aliphatic carbocycles. The fourth-order valence-corrected chi connectivity index (χ4v) is 2.64. The predicted octanol–water partition coefficient (Wildman–Crippen LogP) is 4.02. The second-order valence-electron chi connectivity index (χ2n) is 6.51. The number of aryl methyl sites for hydroxylation is 1. The summed E-state index contributed by atoms with van der Waals surface area (Å²) >= 11 is 0. The molecular weight excluding hydrogens is 314 g/mol. The number of hydrogen-bond donors (Lipinski definition) is 1. The van der Waals surface area contributed by atoms with E-state index in [4.69, 9.17) is 4.74 Å². The number of benzene rings is 2. The fourth-order valence-electron chi connectivity index (χ4n) is 2.64. The number of nitrogens with zero attached hydrogens (tertiary/aromatic N) is 2. The highest BCUT2D eigenvalue weighted by Gasteiger charge is 2.11. The number of imidazole rings is 1. The van der Waals surface area contributed by atoms with E-state index in [1.54, 1.807) is 0 Å². The maximum absolute atomic E-state index is 12.4. The van der Waals surface area contributed by atoms with Crippen LogP contribution in [-0.2, 0) is 11.3 Å². The summed E-state index contributed by atoms with van der Waals surface area (Å²) in [5, 5.41) is 2.92. The second-order valence-corrected chi connectivity index (χ2v) is 6.51. The Bertz CT molecular complexity index is 866. The number of ether oxygens (including phenoxy) is 1. The lowest BCUT2D eigenvalue weighted by atomic mass is 10.2. The van der Waals surface area contributed by atoms with Gasteiger partial charge < -0.3 is 14.6 Å². The normalized spacial score (nSPS) is 11.0. The van der Waals surface area contributed by atoms with Crippen LogP contribution in [0.4, 0.5) is 5.69 Å². The van der Waals surface area contributed by atoms with E-state index < -0.39 is 0 Å². The van der Waals surface area contributed by atoms with Gasteiger partial charge in [-0.2, -0.15) is 0 Å². The van der Waals surface area contributed by atoms with Crippen molar-refractivity contribution in [1.82, 2.24) is 9.55 Å². The highest BCUT2D eigenvalue weighted by Crippen LogP contribution is 2.18. The van der Waals surface area contributed by atoms with Crippen LogP contribution in [0.2, 0.25) is 0 Å². The van der Waals surface area contributed by atoms with Crippen LogP contribution in [-0.4, -0.2) is 22.1 Å². The van der Waals surface area contributed by atoms with Crippen LogP contribution in [0.3, 0.4) is 0 Å². The van der Waals surface area contributed by atoms with Gasteiger partial charge in [0.05, 0.1) is 17.6 Å². The molecule has 0 fully saturated rings. The lowest BCUT2D eigenvalue weighted by Gasteiger charge is -2.11. The topological polar surface area (TPSA) is 56.2 Å². The number of aromatic nitrogens is 2. The molecule has 1 heterocycles. The molecule has 2 aromatic carbocycles. The number of nitrogens with one attached hydrogen (secondary N) is 1. The smallest absolute Gasteiger partial charge is 0.244 e. The third-order valence-corrected chi connectivity index (χ3v) is 3.87. The Morgan fingerprint density at radius 3 is 2.60 bits per heavy atom. The van der Waals surface area contributed by atoms with Gasteiger partial charge in [-0.3, -0.25) is 4.79 Å².